The Balaban J connectivity index is 1.99. The topological polar surface area (TPSA) is 50.4 Å². The van der Waals surface area contributed by atoms with Crippen molar-refractivity contribution >= 4 is 17.5 Å². The van der Waals surface area contributed by atoms with E-state index in [1.807, 2.05) is 13.0 Å². The lowest BCUT2D eigenvalue weighted by molar-refractivity contribution is 0.0511. The second kappa shape index (κ2) is 7.25. The molecule has 0 saturated carbocycles. The van der Waals surface area contributed by atoms with Gasteiger partial charge in [0.15, 0.2) is 0 Å². The minimum Gasteiger partial charge on any atom is -0.384 e. The number of amides is 1. The van der Waals surface area contributed by atoms with Crippen LogP contribution in [0.2, 0.25) is 5.02 Å². The monoisotopic (exact) mass is 310 g/mol. The van der Waals surface area contributed by atoms with E-state index in [-0.39, 0.29) is 11.3 Å². The van der Waals surface area contributed by atoms with Gasteiger partial charge in [-0.15, -0.1) is 0 Å². The van der Waals surface area contributed by atoms with E-state index in [9.17, 15) is 4.79 Å². The number of rotatable bonds is 5. The number of halogens is 1. The molecule has 1 aromatic carbocycles. The van der Waals surface area contributed by atoms with E-state index in [0.717, 1.165) is 31.5 Å². The average Bonchev–Trinajstić information content (AvgIpc) is 2.49. The summed E-state index contributed by atoms with van der Waals surface area (Å²) >= 11 is 5.99. The highest BCUT2D eigenvalue weighted by Gasteiger charge is 2.32. The standard InChI is InChI=1S/C16H23ClN2O2/c1-12-9-13(3-4-14(12)17)15(20)19-10-16(11-21-2)5-7-18-8-6-16/h3-4,9,18H,5-8,10-11H2,1-2H3,(H,19,20). The first kappa shape index (κ1) is 16.3. The van der Waals surface area contributed by atoms with E-state index >= 15 is 0 Å². The Hall–Kier alpha value is -1.10. The molecule has 1 fully saturated rings. The van der Waals surface area contributed by atoms with Crippen LogP contribution in [0.5, 0.6) is 0 Å². The van der Waals surface area contributed by atoms with Crippen molar-refractivity contribution in [2.75, 3.05) is 33.4 Å². The number of ether oxygens (including phenoxy) is 1. The summed E-state index contributed by atoms with van der Waals surface area (Å²) in [6.07, 6.45) is 2.03. The Morgan fingerprint density at radius 3 is 2.76 bits per heavy atom. The van der Waals surface area contributed by atoms with Gasteiger partial charge in [-0.3, -0.25) is 4.79 Å². The Morgan fingerprint density at radius 2 is 2.14 bits per heavy atom. The molecule has 1 amide bonds. The number of aryl methyl sites for hydroxylation is 1. The van der Waals surface area contributed by atoms with Crippen LogP contribution in [-0.2, 0) is 4.74 Å². The van der Waals surface area contributed by atoms with Crippen LogP contribution in [-0.4, -0.2) is 39.3 Å². The van der Waals surface area contributed by atoms with Crippen LogP contribution in [0, 0.1) is 12.3 Å². The molecule has 1 aromatic rings. The lowest BCUT2D eigenvalue weighted by Crippen LogP contribution is -2.47. The van der Waals surface area contributed by atoms with Gasteiger partial charge in [-0.2, -0.15) is 0 Å². The summed E-state index contributed by atoms with van der Waals surface area (Å²) < 4.78 is 5.36. The summed E-state index contributed by atoms with van der Waals surface area (Å²) in [5.74, 6) is -0.0521. The molecule has 0 bridgehead atoms. The fourth-order valence-corrected chi connectivity index (χ4v) is 2.91. The van der Waals surface area contributed by atoms with Crippen molar-refractivity contribution in [2.24, 2.45) is 5.41 Å². The number of benzene rings is 1. The molecule has 4 nitrogen and oxygen atoms in total. The van der Waals surface area contributed by atoms with Crippen LogP contribution in [0.25, 0.3) is 0 Å². The predicted octanol–water partition coefficient (Wildman–Crippen LogP) is 2.39. The molecular weight excluding hydrogens is 288 g/mol. The summed E-state index contributed by atoms with van der Waals surface area (Å²) in [7, 11) is 1.72. The number of nitrogens with one attached hydrogen (secondary N) is 2. The van der Waals surface area contributed by atoms with Crippen LogP contribution in [0.4, 0.5) is 0 Å². The van der Waals surface area contributed by atoms with E-state index in [4.69, 9.17) is 16.3 Å². The van der Waals surface area contributed by atoms with Gasteiger partial charge in [-0.25, -0.2) is 0 Å². The zero-order valence-electron chi connectivity index (χ0n) is 12.7. The van der Waals surface area contributed by atoms with Gasteiger partial charge in [0.25, 0.3) is 5.91 Å². The fourth-order valence-electron chi connectivity index (χ4n) is 2.79. The normalized spacial score (nSPS) is 17.5. The van der Waals surface area contributed by atoms with Gasteiger partial charge in [-0.05, 0) is 56.6 Å². The lowest BCUT2D eigenvalue weighted by atomic mass is 9.79. The largest absolute Gasteiger partial charge is 0.384 e. The third-order valence-electron chi connectivity index (χ3n) is 4.16. The summed E-state index contributed by atoms with van der Waals surface area (Å²) in [4.78, 5) is 12.3. The quantitative estimate of drug-likeness (QED) is 0.878. The number of carbonyl (C=O) groups is 1. The van der Waals surface area contributed by atoms with E-state index in [1.165, 1.54) is 0 Å². The van der Waals surface area contributed by atoms with E-state index in [2.05, 4.69) is 10.6 Å². The molecule has 1 saturated heterocycles. The van der Waals surface area contributed by atoms with Crippen molar-refractivity contribution in [1.29, 1.82) is 0 Å². The Morgan fingerprint density at radius 1 is 1.43 bits per heavy atom. The van der Waals surface area contributed by atoms with Crippen LogP contribution in [0.3, 0.4) is 0 Å². The second-order valence-corrected chi connectivity index (χ2v) is 6.24. The van der Waals surface area contributed by atoms with Gasteiger partial charge in [0.1, 0.15) is 0 Å². The summed E-state index contributed by atoms with van der Waals surface area (Å²) in [5, 5.41) is 7.08. The number of carbonyl (C=O) groups excluding carboxylic acids is 1. The average molecular weight is 311 g/mol. The molecule has 21 heavy (non-hydrogen) atoms. The maximum atomic E-state index is 12.3. The maximum absolute atomic E-state index is 12.3. The predicted molar refractivity (Wildman–Crippen MR) is 84.9 cm³/mol. The molecule has 0 spiro atoms. The highest BCUT2D eigenvalue weighted by Crippen LogP contribution is 2.28. The number of piperidine rings is 1. The molecule has 5 heteroatoms. The lowest BCUT2D eigenvalue weighted by Gasteiger charge is -2.37. The Bertz CT molecular complexity index is 494. The smallest absolute Gasteiger partial charge is 0.251 e. The van der Waals surface area contributed by atoms with Gasteiger partial charge < -0.3 is 15.4 Å². The van der Waals surface area contributed by atoms with Gasteiger partial charge in [0, 0.05) is 29.7 Å². The van der Waals surface area contributed by atoms with Crippen LogP contribution >= 0.6 is 11.6 Å². The summed E-state index contributed by atoms with van der Waals surface area (Å²) in [6, 6.07) is 5.35. The van der Waals surface area contributed by atoms with Gasteiger partial charge in [0.05, 0.1) is 6.61 Å². The minimum absolute atomic E-state index is 0.0388. The number of hydrogen-bond donors (Lipinski definition) is 2. The third kappa shape index (κ3) is 4.19. The molecule has 2 N–H and O–H groups in total. The first-order valence-electron chi connectivity index (χ1n) is 7.30. The van der Waals surface area contributed by atoms with Crippen LogP contribution < -0.4 is 10.6 Å². The number of methoxy groups -OCH3 is 1. The summed E-state index contributed by atoms with van der Waals surface area (Å²) in [5.41, 5.74) is 1.60. The molecule has 1 aliphatic heterocycles. The van der Waals surface area contributed by atoms with Crippen molar-refractivity contribution in [1.82, 2.24) is 10.6 Å². The van der Waals surface area contributed by atoms with E-state index in [0.29, 0.717) is 23.7 Å². The zero-order chi connectivity index (χ0) is 15.3. The first-order valence-corrected chi connectivity index (χ1v) is 7.68. The molecule has 116 valence electrons. The molecule has 1 heterocycles. The van der Waals surface area contributed by atoms with Crippen molar-refractivity contribution in [3.63, 3.8) is 0 Å². The molecule has 1 aliphatic rings. The van der Waals surface area contributed by atoms with Crippen LogP contribution in [0.1, 0.15) is 28.8 Å². The van der Waals surface area contributed by atoms with Crippen molar-refractivity contribution in [3.8, 4) is 0 Å². The Kier molecular flexibility index (Phi) is 5.62. The molecule has 0 aromatic heterocycles. The fraction of sp³-hybridized carbons (Fsp3) is 0.562. The zero-order valence-corrected chi connectivity index (χ0v) is 13.4. The van der Waals surface area contributed by atoms with Crippen molar-refractivity contribution in [2.45, 2.75) is 19.8 Å². The van der Waals surface area contributed by atoms with Crippen molar-refractivity contribution < 1.29 is 9.53 Å². The van der Waals surface area contributed by atoms with Crippen LogP contribution in [0.15, 0.2) is 18.2 Å². The van der Waals surface area contributed by atoms with E-state index in [1.54, 1.807) is 19.2 Å². The van der Waals surface area contributed by atoms with E-state index < -0.39 is 0 Å². The minimum atomic E-state index is -0.0521. The van der Waals surface area contributed by atoms with Gasteiger partial charge >= 0.3 is 0 Å². The SMILES string of the molecule is COCC1(CNC(=O)c2ccc(Cl)c(C)c2)CCNCC1. The highest BCUT2D eigenvalue weighted by atomic mass is 35.5. The van der Waals surface area contributed by atoms with Gasteiger partial charge in [-0.1, -0.05) is 11.6 Å². The molecule has 0 unspecified atom stereocenters. The van der Waals surface area contributed by atoms with Gasteiger partial charge in [0.2, 0.25) is 0 Å². The number of hydrogen-bond acceptors (Lipinski definition) is 3. The maximum Gasteiger partial charge on any atom is 0.251 e. The molecular formula is C16H23ClN2O2. The van der Waals surface area contributed by atoms with Crippen molar-refractivity contribution in [3.05, 3.63) is 34.3 Å². The molecule has 0 atom stereocenters. The summed E-state index contributed by atoms with van der Waals surface area (Å²) in [6.45, 7) is 5.16. The first-order chi connectivity index (χ1) is 10.1. The molecule has 0 aliphatic carbocycles. The second-order valence-electron chi connectivity index (χ2n) is 5.83. The molecule has 0 radical (unpaired) electrons. The highest BCUT2D eigenvalue weighted by molar-refractivity contribution is 6.31. The molecule has 2 rings (SSSR count). The Labute approximate surface area is 131 Å². The third-order valence-corrected chi connectivity index (χ3v) is 4.58.